The molecular weight excluding hydrogens is 371 g/mol. The largest absolute Gasteiger partial charge is 0.338 e. The van der Waals surface area contributed by atoms with Gasteiger partial charge in [-0.25, -0.2) is 9.18 Å². The first kappa shape index (κ1) is 20.8. The van der Waals surface area contributed by atoms with Gasteiger partial charge in [0.25, 0.3) is 0 Å². The Morgan fingerprint density at radius 2 is 1.93 bits per heavy atom. The van der Waals surface area contributed by atoms with Gasteiger partial charge >= 0.3 is 6.03 Å². The maximum absolute atomic E-state index is 13.3. The number of nitrogens with zero attached hydrogens (tertiary/aromatic N) is 4. The van der Waals surface area contributed by atoms with E-state index in [4.69, 9.17) is 0 Å². The molecule has 2 rings (SSSR count). The summed E-state index contributed by atoms with van der Waals surface area (Å²) < 4.78 is 15.1. The number of benzene rings is 1. The Morgan fingerprint density at radius 3 is 2.52 bits per heavy atom. The van der Waals surface area contributed by atoms with Gasteiger partial charge in [-0.05, 0) is 52.2 Å². The van der Waals surface area contributed by atoms with Gasteiger partial charge in [0.2, 0.25) is 5.91 Å². The number of amides is 3. The number of rotatable bonds is 7. The molecule has 1 aromatic carbocycles. The van der Waals surface area contributed by atoms with E-state index in [2.05, 4.69) is 20.8 Å². The SMILES string of the molecule is CCNC(=O)NC(=O)CSc1nnc(C(C)N(C)C)n1-c1ccc(F)cc1. The summed E-state index contributed by atoms with van der Waals surface area (Å²) in [6.07, 6.45) is 0. The normalized spacial score (nSPS) is 12.1. The molecule has 3 amide bonds. The number of imide groups is 1. The second-order valence-corrected chi connectivity index (χ2v) is 6.93. The smallest absolute Gasteiger partial charge is 0.321 e. The first-order valence-electron chi connectivity index (χ1n) is 8.41. The van der Waals surface area contributed by atoms with Gasteiger partial charge in [0.15, 0.2) is 11.0 Å². The Hall–Kier alpha value is -2.46. The van der Waals surface area contributed by atoms with Gasteiger partial charge in [0.1, 0.15) is 5.82 Å². The van der Waals surface area contributed by atoms with Crippen LogP contribution in [0.3, 0.4) is 0 Å². The van der Waals surface area contributed by atoms with Gasteiger partial charge in [0, 0.05) is 12.2 Å². The molecule has 8 nitrogen and oxygen atoms in total. The monoisotopic (exact) mass is 394 g/mol. The lowest BCUT2D eigenvalue weighted by molar-refractivity contribution is -0.117. The van der Waals surface area contributed by atoms with E-state index in [0.717, 1.165) is 11.8 Å². The molecule has 0 spiro atoms. The highest BCUT2D eigenvalue weighted by Gasteiger charge is 2.21. The number of urea groups is 1. The highest BCUT2D eigenvalue weighted by atomic mass is 32.2. The van der Waals surface area contributed by atoms with Crippen LogP contribution < -0.4 is 10.6 Å². The van der Waals surface area contributed by atoms with Crippen molar-refractivity contribution >= 4 is 23.7 Å². The summed E-state index contributed by atoms with van der Waals surface area (Å²) in [5.74, 6) is -0.128. The third-order valence-electron chi connectivity index (χ3n) is 3.81. The van der Waals surface area contributed by atoms with Gasteiger partial charge in [-0.15, -0.1) is 10.2 Å². The molecule has 2 aromatic rings. The van der Waals surface area contributed by atoms with E-state index in [9.17, 15) is 14.0 Å². The number of carbonyl (C=O) groups is 2. The molecule has 0 aliphatic rings. The van der Waals surface area contributed by atoms with Crippen LogP contribution in [0.5, 0.6) is 0 Å². The van der Waals surface area contributed by atoms with Crippen molar-refractivity contribution in [2.24, 2.45) is 0 Å². The van der Waals surface area contributed by atoms with Crippen molar-refractivity contribution in [3.05, 3.63) is 35.9 Å². The molecule has 0 saturated carbocycles. The molecule has 2 N–H and O–H groups in total. The Labute approximate surface area is 161 Å². The second kappa shape index (κ2) is 9.47. The molecule has 0 aliphatic heterocycles. The predicted molar refractivity (Wildman–Crippen MR) is 101 cm³/mol. The number of hydrogen-bond acceptors (Lipinski definition) is 6. The molecule has 1 heterocycles. The lowest BCUT2D eigenvalue weighted by atomic mass is 10.2. The molecule has 0 saturated heterocycles. The topological polar surface area (TPSA) is 92.2 Å². The van der Waals surface area contributed by atoms with E-state index in [1.807, 2.05) is 25.9 Å². The standard InChI is InChI=1S/C17H23FN6O2S/c1-5-19-16(26)20-14(25)10-27-17-22-21-15(11(2)23(3)4)24(17)13-8-6-12(18)7-9-13/h6-9,11H,5,10H2,1-4H3,(H2,19,20,25,26). The minimum atomic E-state index is -0.537. The summed E-state index contributed by atoms with van der Waals surface area (Å²) >= 11 is 1.15. The highest BCUT2D eigenvalue weighted by Crippen LogP contribution is 2.26. The van der Waals surface area contributed by atoms with Gasteiger partial charge in [-0.1, -0.05) is 11.8 Å². The summed E-state index contributed by atoms with van der Waals surface area (Å²) in [7, 11) is 3.84. The zero-order valence-corrected chi connectivity index (χ0v) is 16.5. The molecule has 27 heavy (non-hydrogen) atoms. The van der Waals surface area contributed by atoms with E-state index in [-0.39, 0.29) is 17.6 Å². The molecule has 0 aliphatic carbocycles. The third kappa shape index (κ3) is 5.51. The Kier molecular flexibility index (Phi) is 7.31. The Balaban J connectivity index is 2.24. The summed E-state index contributed by atoms with van der Waals surface area (Å²) in [5.41, 5.74) is 0.691. The first-order valence-corrected chi connectivity index (χ1v) is 9.40. The fourth-order valence-electron chi connectivity index (χ4n) is 2.21. The molecular formula is C17H23FN6O2S. The predicted octanol–water partition coefficient (Wildman–Crippen LogP) is 1.97. The molecule has 146 valence electrons. The Morgan fingerprint density at radius 1 is 1.26 bits per heavy atom. The number of carbonyl (C=O) groups excluding carboxylic acids is 2. The van der Waals surface area contributed by atoms with Gasteiger partial charge < -0.3 is 5.32 Å². The average molecular weight is 394 g/mol. The van der Waals surface area contributed by atoms with Crippen molar-refractivity contribution in [2.45, 2.75) is 25.0 Å². The summed E-state index contributed by atoms with van der Waals surface area (Å²) in [6.45, 7) is 4.16. The molecule has 0 radical (unpaired) electrons. The number of thioether (sulfide) groups is 1. The quantitative estimate of drug-likeness (QED) is 0.698. The van der Waals surface area contributed by atoms with Crippen molar-refractivity contribution in [3.63, 3.8) is 0 Å². The van der Waals surface area contributed by atoms with Crippen molar-refractivity contribution in [2.75, 3.05) is 26.4 Å². The van der Waals surface area contributed by atoms with Crippen LogP contribution in [0.15, 0.2) is 29.4 Å². The zero-order chi connectivity index (χ0) is 20.0. The lowest BCUT2D eigenvalue weighted by Crippen LogP contribution is -2.40. The molecule has 1 atom stereocenters. The van der Waals surface area contributed by atoms with E-state index < -0.39 is 11.9 Å². The third-order valence-corrected chi connectivity index (χ3v) is 4.74. The van der Waals surface area contributed by atoms with Crippen LogP contribution in [0.1, 0.15) is 25.7 Å². The minimum absolute atomic E-state index is 0.00714. The Bertz CT molecular complexity index is 793. The summed E-state index contributed by atoms with van der Waals surface area (Å²) in [5, 5.41) is 13.6. The van der Waals surface area contributed by atoms with Gasteiger partial charge in [-0.2, -0.15) is 0 Å². The van der Waals surface area contributed by atoms with E-state index in [0.29, 0.717) is 23.2 Å². The summed E-state index contributed by atoms with van der Waals surface area (Å²) in [6, 6.07) is 5.38. The van der Waals surface area contributed by atoms with Crippen LogP contribution in [0.2, 0.25) is 0 Å². The first-order chi connectivity index (χ1) is 12.8. The molecule has 0 fully saturated rings. The van der Waals surface area contributed by atoms with Crippen LogP contribution in [-0.4, -0.2) is 58.0 Å². The number of aromatic nitrogens is 3. The van der Waals surface area contributed by atoms with E-state index in [1.54, 1.807) is 23.6 Å². The van der Waals surface area contributed by atoms with Gasteiger partial charge in [0.05, 0.1) is 11.8 Å². The maximum Gasteiger partial charge on any atom is 0.321 e. The number of nitrogens with one attached hydrogen (secondary N) is 2. The van der Waals surface area contributed by atoms with Crippen LogP contribution in [0.4, 0.5) is 9.18 Å². The van der Waals surface area contributed by atoms with Crippen molar-refractivity contribution in [3.8, 4) is 5.69 Å². The molecule has 0 bridgehead atoms. The maximum atomic E-state index is 13.3. The highest BCUT2D eigenvalue weighted by molar-refractivity contribution is 7.99. The lowest BCUT2D eigenvalue weighted by Gasteiger charge is -2.20. The minimum Gasteiger partial charge on any atom is -0.338 e. The van der Waals surface area contributed by atoms with E-state index in [1.165, 1.54) is 12.1 Å². The van der Waals surface area contributed by atoms with E-state index >= 15 is 0 Å². The second-order valence-electron chi connectivity index (χ2n) is 5.99. The van der Waals surface area contributed by atoms with Crippen molar-refractivity contribution in [1.82, 2.24) is 30.3 Å². The number of hydrogen-bond donors (Lipinski definition) is 2. The number of halogens is 1. The van der Waals surface area contributed by atoms with Crippen LogP contribution >= 0.6 is 11.8 Å². The van der Waals surface area contributed by atoms with Crippen LogP contribution in [0, 0.1) is 5.82 Å². The molecule has 1 aromatic heterocycles. The fourth-order valence-corrected chi connectivity index (χ4v) is 2.97. The van der Waals surface area contributed by atoms with Gasteiger partial charge in [-0.3, -0.25) is 19.6 Å². The zero-order valence-electron chi connectivity index (χ0n) is 15.7. The van der Waals surface area contributed by atoms with Crippen molar-refractivity contribution in [1.29, 1.82) is 0 Å². The molecule has 10 heteroatoms. The average Bonchev–Trinajstić information content (AvgIpc) is 3.03. The van der Waals surface area contributed by atoms with Crippen molar-refractivity contribution < 1.29 is 14.0 Å². The van der Waals surface area contributed by atoms with Crippen LogP contribution in [-0.2, 0) is 4.79 Å². The summed E-state index contributed by atoms with van der Waals surface area (Å²) in [4.78, 5) is 25.3. The molecule has 1 unspecified atom stereocenters. The fraction of sp³-hybridized carbons (Fsp3) is 0.412. The van der Waals surface area contributed by atoms with Crippen LogP contribution in [0.25, 0.3) is 5.69 Å².